The van der Waals surface area contributed by atoms with Crippen LogP contribution in [-0.2, 0) is 12.8 Å². The molecule has 0 amide bonds. The molecule has 1 aliphatic carbocycles. The summed E-state index contributed by atoms with van der Waals surface area (Å²) in [6, 6.07) is 10.1. The highest BCUT2D eigenvalue weighted by molar-refractivity contribution is 5.71. The van der Waals surface area contributed by atoms with Gasteiger partial charge in [0.1, 0.15) is 0 Å². The molecule has 98 valence electrons. The highest BCUT2D eigenvalue weighted by Crippen LogP contribution is 2.37. The number of aryl methyl sites for hydroxylation is 2. The number of benzene rings is 1. The normalized spacial score (nSPS) is 13.2. The minimum absolute atomic E-state index is 0.738. The molecule has 0 radical (unpaired) electrons. The lowest BCUT2D eigenvalue weighted by Crippen LogP contribution is -1.96. The Hall–Kier alpha value is -2.03. The summed E-state index contributed by atoms with van der Waals surface area (Å²) >= 11 is 0. The molecule has 3 nitrogen and oxygen atoms in total. The van der Waals surface area contributed by atoms with E-state index < -0.39 is 0 Å². The molecule has 0 spiro atoms. The van der Waals surface area contributed by atoms with E-state index in [1.807, 2.05) is 18.2 Å². The van der Waals surface area contributed by atoms with Crippen LogP contribution in [0.5, 0.6) is 11.5 Å². The van der Waals surface area contributed by atoms with E-state index in [1.54, 1.807) is 14.2 Å². The van der Waals surface area contributed by atoms with Crippen molar-refractivity contribution in [3.63, 3.8) is 0 Å². The maximum Gasteiger partial charge on any atom is 0.170 e. The molecule has 1 heterocycles. The molecule has 0 unspecified atom stereocenters. The summed E-state index contributed by atoms with van der Waals surface area (Å²) in [5.74, 6) is 1.48. The van der Waals surface area contributed by atoms with Crippen molar-refractivity contribution in [2.75, 3.05) is 14.2 Å². The Kier molecular flexibility index (Phi) is 3.11. The Balaban J connectivity index is 2.11. The number of hydrogen-bond acceptors (Lipinski definition) is 3. The molecule has 1 aliphatic rings. The standard InChI is InChI=1S/C16H17NO2/c1-18-15-8-4-6-12(16(15)19-2)14-10-9-11-5-3-7-13(11)17-14/h4,6,8-10H,3,5,7H2,1-2H3. The van der Waals surface area contributed by atoms with E-state index in [9.17, 15) is 0 Å². The van der Waals surface area contributed by atoms with E-state index in [-0.39, 0.29) is 0 Å². The predicted molar refractivity (Wildman–Crippen MR) is 74.8 cm³/mol. The van der Waals surface area contributed by atoms with Gasteiger partial charge in [-0.2, -0.15) is 0 Å². The third-order valence-corrected chi connectivity index (χ3v) is 3.61. The average molecular weight is 255 g/mol. The van der Waals surface area contributed by atoms with Gasteiger partial charge in [0, 0.05) is 11.3 Å². The quantitative estimate of drug-likeness (QED) is 0.843. The van der Waals surface area contributed by atoms with Gasteiger partial charge < -0.3 is 9.47 Å². The number of nitrogens with zero attached hydrogens (tertiary/aromatic N) is 1. The highest BCUT2D eigenvalue weighted by atomic mass is 16.5. The zero-order valence-corrected chi connectivity index (χ0v) is 11.3. The summed E-state index contributed by atoms with van der Waals surface area (Å²) in [5, 5.41) is 0. The highest BCUT2D eigenvalue weighted by Gasteiger charge is 2.16. The van der Waals surface area contributed by atoms with Crippen LogP contribution in [0.25, 0.3) is 11.3 Å². The van der Waals surface area contributed by atoms with Crippen molar-refractivity contribution in [2.45, 2.75) is 19.3 Å². The van der Waals surface area contributed by atoms with Crippen molar-refractivity contribution in [2.24, 2.45) is 0 Å². The molecule has 0 aliphatic heterocycles. The summed E-state index contributed by atoms with van der Waals surface area (Å²) in [7, 11) is 3.31. The minimum Gasteiger partial charge on any atom is -0.493 e. The van der Waals surface area contributed by atoms with Gasteiger partial charge >= 0.3 is 0 Å². The number of ether oxygens (including phenoxy) is 2. The number of methoxy groups -OCH3 is 2. The van der Waals surface area contributed by atoms with Gasteiger partial charge in [0.15, 0.2) is 11.5 Å². The first-order valence-electron chi connectivity index (χ1n) is 6.53. The van der Waals surface area contributed by atoms with Crippen molar-refractivity contribution in [3.8, 4) is 22.8 Å². The fourth-order valence-corrected chi connectivity index (χ4v) is 2.66. The van der Waals surface area contributed by atoms with Crippen LogP contribution in [0.2, 0.25) is 0 Å². The second kappa shape index (κ2) is 4.92. The first-order valence-corrected chi connectivity index (χ1v) is 6.53. The minimum atomic E-state index is 0.738. The molecule has 1 aromatic carbocycles. The monoisotopic (exact) mass is 255 g/mol. The van der Waals surface area contributed by atoms with Crippen LogP contribution in [0.4, 0.5) is 0 Å². The van der Waals surface area contributed by atoms with Gasteiger partial charge in [0.2, 0.25) is 0 Å². The molecule has 0 saturated carbocycles. The molecule has 3 heteroatoms. The fourth-order valence-electron chi connectivity index (χ4n) is 2.66. The topological polar surface area (TPSA) is 31.4 Å². The van der Waals surface area contributed by atoms with E-state index in [0.29, 0.717) is 0 Å². The van der Waals surface area contributed by atoms with Crippen LogP contribution in [0.15, 0.2) is 30.3 Å². The van der Waals surface area contributed by atoms with Gasteiger partial charge in [-0.25, -0.2) is 0 Å². The van der Waals surface area contributed by atoms with Gasteiger partial charge in [-0.05, 0) is 43.0 Å². The molecule has 0 saturated heterocycles. The number of pyridine rings is 1. The third-order valence-electron chi connectivity index (χ3n) is 3.61. The van der Waals surface area contributed by atoms with Crippen LogP contribution in [0.3, 0.4) is 0 Å². The van der Waals surface area contributed by atoms with Crippen LogP contribution in [0.1, 0.15) is 17.7 Å². The van der Waals surface area contributed by atoms with Crippen molar-refractivity contribution in [3.05, 3.63) is 41.6 Å². The lowest BCUT2D eigenvalue weighted by Gasteiger charge is -2.12. The molecule has 19 heavy (non-hydrogen) atoms. The fraction of sp³-hybridized carbons (Fsp3) is 0.312. The number of fused-ring (bicyclic) bond motifs is 1. The van der Waals surface area contributed by atoms with Gasteiger partial charge in [-0.15, -0.1) is 0 Å². The molecule has 0 atom stereocenters. The Morgan fingerprint density at radius 2 is 1.89 bits per heavy atom. The molecule has 1 aromatic heterocycles. The molecule has 0 bridgehead atoms. The molecular formula is C16H17NO2. The third kappa shape index (κ3) is 2.05. The summed E-state index contributed by atoms with van der Waals surface area (Å²) in [6.07, 6.45) is 3.44. The van der Waals surface area contributed by atoms with E-state index in [4.69, 9.17) is 14.5 Å². The second-order valence-corrected chi connectivity index (χ2v) is 4.70. The van der Waals surface area contributed by atoms with Crippen LogP contribution >= 0.6 is 0 Å². The largest absolute Gasteiger partial charge is 0.493 e. The molecule has 2 aromatic rings. The van der Waals surface area contributed by atoms with Crippen molar-refractivity contribution in [1.82, 2.24) is 4.98 Å². The van der Waals surface area contributed by atoms with Crippen LogP contribution in [-0.4, -0.2) is 19.2 Å². The zero-order valence-electron chi connectivity index (χ0n) is 11.3. The van der Waals surface area contributed by atoms with E-state index in [0.717, 1.165) is 35.6 Å². The van der Waals surface area contributed by atoms with Gasteiger partial charge in [0.05, 0.1) is 19.9 Å². The van der Waals surface area contributed by atoms with E-state index >= 15 is 0 Å². The van der Waals surface area contributed by atoms with Gasteiger partial charge in [-0.3, -0.25) is 4.98 Å². The Morgan fingerprint density at radius 1 is 1.00 bits per heavy atom. The maximum absolute atomic E-state index is 5.48. The zero-order chi connectivity index (χ0) is 13.2. The van der Waals surface area contributed by atoms with Gasteiger partial charge in [0.25, 0.3) is 0 Å². The van der Waals surface area contributed by atoms with Crippen LogP contribution < -0.4 is 9.47 Å². The second-order valence-electron chi connectivity index (χ2n) is 4.70. The summed E-state index contributed by atoms with van der Waals surface area (Å²) in [4.78, 5) is 4.77. The molecule has 0 fully saturated rings. The lowest BCUT2D eigenvalue weighted by atomic mass is 10.1. The summed E-state index contributed by atoms with van der Waals surface area (Å²) in [5.41, 5.74) is 4.54. The lowest BCUT2D eigenvalue weighted by molar-refractivity contribution is 0.356. The van der Waals surface area contributed by atoms with E-state index in [2.05, 4.69) is 12.1 Å². The molecule has 0 N–H and O–H groups in total. The molecule has 3 rings (SSSR count). The number of rotatable bonds is 3. The smallest absolute Gasteiger partial charge is 0.170 e. The average Bonchev–Trinajstić information content (AvgIpc) is 2.93. The van der Waals surface area contributed by atoms with Crippen molar-refractivity contribution >= 4 is 0 Å². The van der Waals surface area contributed by atoms with E-state index in [1.165, 1.54) is 17.7 Å². The first kappa shape index (κ1) is 12.0. The maximum atomic E-state index is 5.48. The Labute approximate surface area is 113 Å². The summed E-state index contributed by atoms with van der Waals surface area (Å²) in [6.45, 7) is 0. The van der Waals surface area contributed by atoms with Crippen molar-refractivity contribution in [1.29, 1.82) is 0 Å². The first-order chi connectivity index (χ1) is 9.33. The van der Waals surface area contributed by atoms with Crippen LogP contribution in [0, 0.1) is 0 Å². The van der Waals surface area contributed by atoms with Crippen molar-refractivity contribution < 1.29 is 9.47 Å². The number of para-hydroxylation sites is 1. The SMILES string of the molecule is COc1cccc(-c2ccc3c(n2)CCC3)c1OC. The number of aromatic nitrogens is 1. The predicted octanol–water partition coefficient (Wildman–Crippen LogP) is 3.25. The summed E-state index contributed by atoms with van der Waals surface area (Å²) < 4.78 is 10.8. The number of hydrogen-bond donors (Lipinski definition) is 0. The Morgan fingerprint density at radius 3 is 2.68 bits per heavy atom. The Bertz CT molecular complexity index is 608. The van der Waals surface area contributed by atoms with Gasteiger partial charge in [-0.1, -0.05) is 12.1 Å². The molecular weight excluding hydrogens is 238 g/mol.